The summed E-state index contributed by atoms with van der Waals surface area (Å²) in [7, 11) is 0. The number of pyridine rings is 1. The van der Waals surface area contributed by atoms with Crippen molar-refractivity contribution in [3.63, 3.8) is 0 Å². The highest BCUT2D eigenvalue weighted by Gasteiger charge is 2.29. The molecule has 0 spiro atoms. The van der Waals surface area contributed by atoms with Crippen LogP contribution in [0.1, 0.15) is 32.3 Å². The topological polar surface area (TPSA) is 60.2 Å². The number of ether oxygens (including phenoxy) is 1. The lowest BCUT2D eigenvalue weighted by Gasteiger charge is -2.36. The second-order valence-corrected chi connectivity index (χ2v) is 5.65. The zero-order chi connectivity index (χ0) is 13.2. The minimum absolute atomic E-state index is 0.0892. The van der Waals surface area contributed by atoms with Gasteiger partial charge in [0.1, 0.15) is 10.8 Å². The first-order chi connectivity index (χ1) is 8.48. The molecule has 0 radical (unpaired) electrons. The highest BCUT2D eigenvalue weighted by Crippen LogP contribution is 2.26. The number of nitrogens with one attached hydrogen (secondary N) is 1. The van der Waals surface area contributed by atoms with Gasteiger partial charge in [0.15, 0.2) is 0 Å². The van der Waals surface area contributed by atoms with E-state index in [1.165, 1.54) is 0 Å². The molecule has 1 fully saturated rings. The predicted octanol–water partition coefficient (Wildman–Crippen LogP) is 2.09. The Balaban J connectivity index is 2.12. The SMILES string of the molecule is CC1(C)CC(Nc2ncccc2C(N)=S)CCO1. The van der Waals surface area contributed by atoms with E-state index in [9.17, 15) is 0 Å². The normalized spacial score (nSPS) is 22.4. The van der Waals surface area contributed by atoms with E-state index in [0.29, 0.717) is 11.0 Å². The van der Waals surface area contributed by atoms with Crippen molar-refractivity contribution in [2.24, 2.45) is 5.73 Å². The zero-order valence-corrected chi connectivity index (χ0v) is 11.6. The molecule has 18 heavy (non-hydrogen) atoms. The molecule has 0 aromatic carbocycles. The fraction of sp³-hybridized carbons (Fsp3) is 0.538. The van der Waals surface area contributed by atoms with Crippen molar-refractivity contribution in [1.82, 2.24) is 4.98 Å². The Labute approximate surface area is 113 Å². The van der Waals surface area contributed by atoms with Crippen LogP contribution < -0.4 is 11.1 Å². The molecule has 4 nitrogen and oxygen atoms in total. The van der Waals surface area contributed by atoms with Crippen molar-refractivity contribution in [3.8, 4) is 0 Å². The molecule has 1 saturated heterocycles. The van der Waals surface area contributed by atoms with Crippen LogP contribution in [-0.4, -0.2) is 28.2 Å². The molecule has 1 aromatic heterocycles. The molecule has 1 atom stereocenters. The van der Waals surface area contributed by atoms with E-state index in [0.717, 1.165) is 30.8 Å². The van der Waals surface area contributed by atoms with Gasteiger partial charge in [-0.25, -0.2) is 4.98 Å². The number of nitrogens with two attached hydrogens (primary N) is 1. The molecule has 1 aliphatic heterocycles. The summed E-state index contributed by atoms with van der Waals surface area (Å²) in [6.07, 6.45) is 3.66. The Morgan fingerprint density at radius 2 is 2.39 bits per heavy atom. The maximum absolute atomic E-state index is 5.70. The lowest BCUT2D eigenvalue weighted by atomic mass is 9.94. The molecule has 1 unspecified atom stereocenters. The number of thiocarbonyl (C=S) groups is 1. The van der Waals surface area contributed by atoms with E-state index in [-0.39, 0.29) is 5.60 Å². The van der Waals surface area contributed by atoms with Crippen molar-refractivity contribution >= 4 is 23.0 Å². The van der Waals surface area contributed by atoms with Crippen LogP contribution >= 0.6 is 12.2 Å². The third-order valence-corrected chi connectivity index (χ3v) is 3.33. The first-order valence-corrected chi connectivity index (χ1v) is 6.54. The minimum atomic E-state index is -0.0892. The van der Waals surface area contributed by atoms with Crippen LogP contribution in [0.3, 0.4) is 0 Å². The third kappa shape index (κ3) is 3.17. The van der Waals surface area contributed by atoms with E-state index in [1.54, 1.807) is 6.20 Å². The Bertz CT molecular complexity index is 448. The summed E-state index contributed by atoms with van der Waals surface area (Å²) >= 11 is 5.04. The highest BCUT2D eigenvalue weighted by molar-refractivity contribution is 7.80. The Morgan fingerprint density at radius 3 is 3.06 bits per heavy atom. The monoisotopic (exact) mass is 265 g/mol. The highest BCUT2D eigenvalue weighted by atomic mass is 32.1. The Kier molecular flexibility index (Phi) is 3.82. The molecule has 98 valence electrons. The average Bonchev–Trinajstić information content (AvgIpc) is 2.28. The van der Waals surface area contributed by atoms with Gasteiger partial charge in [0.05, 0.1) is 11.2 Å². The van der Waals surface area contributed by atoms with Crippen LogP contribution in [-0.2, 0) is 4.74 Å². The molecule has 2 rings (SSSR count). The smallest absolute Gasteiger partial charge is 0.136 e. The molecule has 0 saturated carbocycles. The largest absolute Gasteiger partial charge is 0.389 e. The third-order valence-electron chi connectivity index (χ3n) is 3.11. The second-order valence-electron chi connectivity index (χ2n) is 5.21. The van der Waals surface area contributed by atoms with Gasteiger partial charge in [0, 0.05) is 18.8 Å². The summed E-state index contributed by atoms with van der Waals surface area (Å²) < 4.78 is 5.70. The van der Waals surface area contributed by atoms with Crippen LogP contribution in [0.5, 0.6) is 0 Å². The van der Waals surface area contributed by atoms with Gasteiger partial charge in [-0.05, 0) is 38.8 Å². The van der Waals surface area contributed by atoms with Crippen molar-refractivity contribution < 1.29 is 4.74 Å². The fourth-order valence-corrected chi connectivity index (χ4v) is 2.43. The van der Waals surface area contributed by atoms with Gasteiger partial charge in [-0.3, -0.25) is 0 Å². The lowest BCUT2D eigenvalue weighted by Crippen LogP contribution is -2.40. The van der Waals surface area contributed by atoms with Crippen molar-refractivity contribution in [2.75, 3.05) is 11.9 Å². The maximum atomic E-state index is 5.70. The van der Waals surface area contributed by atoms with Gasteiger partial charge in [-0.15, -0.1) is 0 Å². The summed E-state index contributed by atoms with van der Waals surface area (Å²) in [5, 5.41) is 3.43. The molecule has 0 amide bonds. The first-order valence-electron chi connectivity index (χ1n) is 6.13. The second kappa shape index (κ2) is 5.20. The van der Waals surface area contributed by atoms with Gasteiger partial charge in [-0.1, -0.05) is 12.2 Å². The average molecular weight is 265 g/mol. The standard InChI is InChI=1S/C13H19N3OS/c1-13(2)8-9(5-7-17-13)16-12-10(11(14)18)4-3-6-15-12/h3-4,6,9H,5,7-8H2,1-2H3,(H2,14,18)(H,15,16). The number of aromatic nitrogens is 1. The van der Waals surface area contributed by atoms with Gasteiger partial charge in [0.2, 0.25) is 0 Å². The summed E-state index contributed by atoms with van der Waals surface area (Å²) in [5.74, 6) is 0.771. The molecule has 1 aromatic rings. The van der Waals surface area contributed by atoms with Gasteiger partial charge < -0.3 is 15.8 Å². The Hall–Kier alpha value is -1.20. The van der Waals surface area contributed by atoms with E-state index in [4.69, 9.17) is 22.7 Å². The number of anilines is 1. The molecule has 5 heteroatoms. The first kappa shape index (κ1) is 13.2. The maximum Gasteiger partial charge on any atom is 0.136 e. The van der Waals surface area contributed by atoms with E-state index in [2.05, 4.69) is 24.1 Å². The number of rotatable bonds is 3. The summed E-state index contributed by atoms with van der Waals surface area (Å²) in [5.41, 5.74) is 6.41. The summed E-state index contributed by atoms with van der Waals surface area (Å²) in [6.45, 7) is 4.97. The van der Waals surface area contributed by atoms with Crippen LogP contribution in [0.4, 0.5) is 5.82 Å². The van der Waals surface area contributed by atoms with E-state index >= 15 is 0 Å². The quantitative estimate of drug-likeness (QED) is 0.819. The zero-order valence-electron chi connectivity index (χ0n) is 10.8. The van der Waals surface area contributed by atoms with Crippen molar-refractivity contribution in [1.29, 1.82) is 0 Å². The molecule has 1 aliphatic rings. The molecular formula is C13H19N3OS. The fourth-order valence-electron chi connectivity index (χ4n) is 2.27. The number of hydrogen-bond donors (Lipinski definition) is 2. The van der Waals surface area contributed by atoms with Crippen LogP contribution in [0, 0.1) is 0 Å². The van der Waals surface area contributed by atoms with Crippen molar-refractivity contribution in [3.05, 3.63) is 23.9 Å². The number of nitrogens with zero attached hydrogens (tertiary/aromatic N) is 1. The van der Waals surface area contributed by atoms with Gasteiger partial charge in [0.25, 0.3) is 0 Å². The van der Waals surface area contributed by atoms with Crippen molar-refractivity contribution in [2.45, 2.75) is 38.3 Å². The Morgan fingerprint density at radius 1 is 1.61 bits per heavy atom. The van der Waals surface area contributed by atoms with Crippen LogP contribution in [0.2, 0.25) is 0 Å². The summed E-state index contributed by atoms with van der Waals surface area (Å²) in [4.78, 5) is 4.69. The molecule has 0 aliphatic carbocycles. The van der Waals surface area contributed by atoms with E-state index in [1.807, 2.05) is 12.1 Å². The number of hydrogen-bond acceptors (Lipinski definition) is 4. The van der Waals surface area contributed by atoms with Gasteiger partial charge in [-0.2, -0.15) is 0 Å². The minimum Gasteiger partial charge on any atom is -0.389 e. The summed E-state index contributed by atoms with van der Waals surface area (Å²) in [6, 6.07) is 4.08. The van der Waals surface area contributed by atoms with Gasteiger partial charge >= 0.3 is 0 Å². The lowest BCUT2D eigenvalue weighted by molar-refractivity contribution is -0.0553. The van der Waals surface area contributed by atoms with Crippen LogP contribution in [0.15, 0.2) is 18.3 Å². The molecule has 0 bridgehead atoms. The van der Waals surface area contributed by atoms with Crippen LogP contribution in [0.25, 0.3) is 0 Å². The molecule has 2 heterocycles. The predicted molar refractivity (Wildman–Crippen MR) is 76.8 cm³/mol. The molecular weight excluding hydrogens is 246 g/mol. The van der Waals surface area contributed by atoms with E-state index < -0.39 is 0 Å². The molecule has 3 N–H and O–H groups in total.